The summed E-state index contributed by atoms with van der Waals surface area (Å²) >= 11 is 0. The molecular weight excluding hydrogens is 654 g/mol. The minimum absolute atomic E-state index is 0.0356. The lowest BCUT2D eigenvalue weighted by Crippen LogP contribution is -2.34. The van der Waals surface area contributed by atoms with Gasteiger partial charge in [-0.1, -0.05) is 0 Å². The number of phosphoric acid groups is 1. The molecule has 1 saturated heterocycles. The maximum Gasteiger partial charge on any atom is 0.472 e. The molecule has 1 aliphatic heterocycles. The number of aldehydes is 1. The highest BCUT2D eigenvalue weighted by Crippen LogP contribution is 2.51. The summed E-state index contributed by atoms with van der Waals surface area (Å²) in [4.78, 5) is 66.3. The molecule has 6 rings (SSSR count). The minimum Gasteiger partial charge on any atom is -0.390 e. The lowest BCUT2D eigenvalue weighted by atomic mass is 9.97. The Labute approximate surface area is 259 Å². The van der Waals surface area contributed by atoms with Gasteiger partial charge in [0.05, 0.1) is 38.0 Å². The van der Waals surface area contributed by atoms with E-state index in [0.717, 1.165) is 0 Å². The van der Waals surface area contributed by atoms with Crippen LogP contribution in [0.15, 0.2) is 23.8 Å². The first-order valence-corrected chi connectivity index (χ1v) is 16.1. The summed E-state index contributed by atoms with van der Waals surface area (Å²) in [6.45, 7) is -0.798. The van der Waals surface area contributed by atoms with Crippen LogP contribution >= 0.6 is 16.9 Å². The molecule has 248 valence electrons. The number of imidazole rings is 2. The Hall–Kier alpha value is -3.49. The van der Waals surface area contributed by atoms with E-state index in [0.29, 0.717) is 17.5 Å². The number of hydrogen-bond donors (Lipinski definition) is 7. The van der Waals surface area contributed by atoms with Gasteiger partial charge in [0, 0.05) is 18.3 Å². The van der Waals surface area contributed by atoms with Crippen LogP contribution in [0.5, 0.6) is 0 Å². The van der Waals surface area contributed by atoms with Gasteiger partial charge in [0.2, 0.25) is 5.95 Å². The summed E-state index contributed by atoms with van der Waals surface area (Å²) in [7, 11) is -5.84. The Bertz CT molecular complexity index is 1840. The first-order valence-electron chi connectivity index (χ1n) is 13.8. The molecule has 1 aliphatic carbocycles. The summed E-state index contributed by atoms with van der Waals surface area (Å²) in [5, 5.41) is 22.3. The van der Waals surface area contributed by atoms with E-state index >= 15 is 0 Å². The number of nitrogens with one attached hydrogen (secondary N) is 1. The van der Waals surface area contributed by atoms with Crippen LogP contribution in [0.1, 0.15) is 25.1 Å². The summed E-state index contributed by atoms with van der Waals surface area (Å²) in [6.07, 6.45) is -1.96. The molecule has 1 saturated carbocycles. The van der Waals surface area contributed by atoms with E-state index in [9.17, 15) is 34.2 Å². The topological polar surface area (TPSA) is 311 Å². The summed E-state index contributed by atoms with van der Waals surface area (Å²) in [6, 6.07) is -0.746. The molecule has 0 amide bonds. The highest BCUT2D eigenvalue weighted by atomic mass is 31.2. The highest BCUT2D eigenvalue weighted by molar-refractivity contribution is 7.47. The third-order valence-electron chi connectivity index (χ3n) is 8.10. The molecule has 0 radical (unpaired) electrons. The highest BCUT2D eigenvalue weighted by Gasteiger charge is 2.50. The number of carbonyl (C=O) groups excluding carboxylic acids is 1. The Morgan fingerprint density at radius 2 is 1.87 bits per heavy atom. The summed E-state index contributed by atoms with van der Waals surface area (Å²) in [5.74, 6) is -1.64. The summed E-state index contributed by atoms with van der Waals surface area (Å²) < 4.78 is 37.8. The molecule has 21 nitrogen and oxygen atoms in total. The van der Waals surface area contributed by atoms with Crippen molar-refractivity contribution >= 4 is 57.2 Å². The largest absolute Gasteiger partial charge is 0.472 e. The van der Waals surface area contributed by atoms with Crippen LogP contribution in [0.2, 0.25) is 0 Å². The number of hydrogen-bond acceptors (Lipinski definition) is 17. The molecule has 46 heavy (non-hydrogen) atoms. The number of fused-ring (bicyclic) bond motifs is 2. The number of nitrogens with zero attached hydrogens (tertiary/aromatic N) is 7. The molecule has 2 fully saturated rings. The fraction of sp³-hybridized carbons (Fsp3) is 0.522. The van der Waals surface area contributed by atoms with Gasteiger partial charge in [-0.25, -0.2) is 24.5 Å². The molecule has 10 atom stereocenters. The molecule has 23 heteroatoms. The first kappa shape index (κ1) is 32.5. The first-order chi connectivity index (χ1) is 22.0. The van der Waals surface area contributed by atoms with Crippen LogP contribution in [0.25, 0.3) is 22.3 Å². The van der Waals surface area contributed by atoms with Crippen molar-refractivity contribution in [1.82, 2.24) is 39.0 Å². The number of aliphatic hydroxyl groups excluding tert-OH is 2. The standard InChI is InChI=1S/C23H30N10O11P2/c24-18-13-19(27-6-26-18)32(7-28-13)11-3-9(4-41-45-38)17(16(11)36)44-46(39,40)42-5-12-15(35)10(1-2-34)22(43-12)33-8-29-14-20(33)30-23(25)31-21(14)37/h2,6-12,15-17,22,35-36,38,45H,1,3-5H2,(H,39,40)(H2,24,26,27)(H3,25,30,31,37)/t9-,10-,11-,12-,15+,16+,17-,22-/m1/s1. The van der Waals surface area contributed by atoms with Gasteiger partial charge in [-0.2, -0.15) is 4.98 Å². The maximum atomic E-state index is 13.2. The van der Waals surface area contributed by atoms with Crippen molar-refractivity contribution in [2.24, 2.45) is 11.8 Å². The van der Waals surface area contributed by atoms with Crippen LogP contribution in [-0.2, 0) is 27.7 Å². The van der Waals surface area contributed by atoms with Crippen molar-refractivity contribution in [2.45, 2.75) is 49.5 Å². The van der Waals surface area contributed by atoms with Crippen molar-refractivity contribution in [3.05, 3.63) is 29.3 Å². The second-order valence-corrected chi connectivity index (χ2v) is 12.6. The number of nitrogen functional groups attached to an aromatic ring is 2. The average Bonchev–Trinajstić information content (AvgIpc) is 3.77. The van der Waals surface area contributed by atoms with Crippen molar-refractivity contribution < 1.29 is 47.7 Å². The third-order valence-corrected chi connectivity index (χ3v) is 9.38. The SMILES string of the molecule is Nc1nc2c(ncn2[C@@H]2O[C@H](COP(=O)(O)O[C@@H]3[C@@H](COPO)C[C@@H](n4cnc5c(N)ncnc54)[C@@H]3O)[C@@H](O)[C@H]2CC=O)c(=O)[nH]1. The predicted octanol–water partition coefficient (Wildman–Crippen LogP) is -1.47. The van der Waals surface area contributed by atoms with Crippen molar-refractivity contribution in [1.29, 1.82) is 0 Å². The second kappa shape index (κ2) is 13.0. The average molecular weight is 685 g/mol. The Morgan fingerprint density at radius 1 is 1.11 bits per heavy atom. The molecule has 9 N–H and O–H groups in total. The van der Waals surface area contributed by atoms with Crippen molar-refractivity contribution in [2.75, 3.05) is 24.7 Å². The lowest BCUT2D eigenvalue weighted by molar-refractivity contribution is -0.110. The van der Waals surface area contributed by atoms with Crippen LogP contribution in [-0.4, -0.2) is 103 Å². The van der Waals surface area contributed by atoms with E-state index < -0.39 is 77.5 Å². The van der Waals surface area contributed by atoms with Crippen LogP contribution in [0.3, 0.4) is 0 Å². The van der Waals surface area contributed by atoms with E-state index in [2.05, 4.69) is 29.9 Å². The fourth-order valence-corrected chi connectivity index (χ4v) is 7.28. The van der Waals surface area contributed by atoms with E-state index in [4.69, 9.17) is 29.8 Å². The van der Waals surface area contributed by atoms with Gasteiger partial charge < -0.3 is 50.1 Å². The molecule has 4 aromatic heterocycles. The monoisotopic (exact) mass is 684 g/mol. The fourth-order valence-electron chi connectivity index (χ4n) is 5.99. The maximum absolute atomic E-state index is 13.2. The quantitative estimate of drug-likeness (QED) is 0.0661. The Balaban J connectivity index is 1.18. The van der Waals surface area contributed by atoms with Crippen molar-refractivity contribution in [3.8, 4) is 0 Å². The van der Waals surface area contributed by atoms with Crippen LogP contribution < -0.4 is 17.0 Å². The Kier molecular flexibility index (Phi) is 9.14. The number of carbonyl (C=O) groups is 1. The van der Waals surface area contributed by atoms with E-state index in [1.54, 1.807) is 4.57 Å². The molecule has 0 aromatic carbocycles. The normalized spacial score (nSPS) is 29.7. The number of phosphoric ester groups is 1. The number of ether oxygens (including phenoxy) is 1. The molecule has 4 aromatic rings. The number of aliphatic hydroxyl groups is 2. The third kappa shape index (κ3) is 6.02. The molecule has 2 unspecified atom stereocenters. The molecule has 0 bridgehead atoms. The van der Waals surface area contributed by atoms with Gasteiger partial charge in [0.1, 0.15) is 42.7 Å². The van der Waals surface area contributed by atoms with Crippen molar-refractivity contribution in [3.63, 3.8) is 0 Å². The smallest absolute Gasteiger partial charge is 0.390 e. The number of aromatic amines is 1. The summed E-state index contributed by atoms with van der Waals surface area (Å²) in [5.41, 5.74) is 11.6. The zero-order chi connectivity index (χ0) is 32.7. The number of anilines is 2. The molecule has 5 heterocycles. The van der Waals surface area contributed by atoms with Gasteiger partial charge in [-0.15, -0.1) is 0 Å². The minimum atomic E-state index is -4.95. The zero-order valence-electron chi connectivity index (χ0n) is 23.6. The van der Waals surface area contributed by atoms with Gasteiger partial charge in [0.15, 0.2) is 31.7 Å². The number of nitrogens with two attached hydrogens (primary N) is 2. The van der Waals surface area contributed by atoms with E-state index in [-0.39, 0.29) is 42.4 Å². The van der Waals surface area contributed by atoms with Crippen LogP contribution in [0.4, 0.5) is 11.8 Å². The van der Waals surface area contributed by atoms with Gasteiger partial charge in [-0.3, -0.25) is 23.4 Å². The Morgan fingerprint density at radius 3 is 2.63 bits per heavy atom. The van der Waals surface area contributed by atoms with E-state index in [1.165, 1.54) is 23.5 Å². The number of aromatic nitrogens is 8. The number of H-pyrrole nitrogens is 1. The van der Waals surface area contributed by atoms with Crippen LogP contribution in [0, 0.1) is 11.8 Å². The van der Waals surface area contributed by atoms with E-state index in [1.807, 2.05) is 0 Å². The molecule has 0 spiro atoms. The zero-order valence-corrected chi connectivity index (χ0v) is 25.5. The van der Waals surface area contributed by atoms with Gasteiger partial charge >= 0.3 is 7.82 Å². The molecule has 2 aliphatic rings. The number of rotatable bonds is 12. The molecular formula is C23H30N10O11P2. The lowest BCUT2D eigenvalue weighted by Gasteiger charge is -2.26. The predicted molar refractivity (Wildman–Crippen MR) is 157 cm³/mol. The van der Waals surface area contributed by atoms with Gasteiger partial charge in [-0.05, 0) is 6.42 Å². The second-order valence-electron chi connectivity index (χ2n) is 10.8. The van der Waals surface area contributed by atoms with Gasteiger partial charge in [0.25, 0.3) is 5.56 Å².